The van der Waals surface area contributed by atoms with Crippen LogP contribution in [0.3, 0.4) is 0 Å². The SMILES string of the molecule is COc1cc(CNCCNC[C@H](C)O)cc(Cl)c1OCc1ccc(Cl)cc1. The third-order valence-electron chi connectivity index (χ3n) is 3.83. The number of hydrogen-bond acceptors (Lipinski definition) is 5. The lowest BCUT2D eigenvalue weighted by molar-refractivity contribution is 0.191. The summed E-state index contributed by atoms with van der Waals surface area (Å²) in [6, 6.07) is 11.3. The van der Waals surface area contributed by atoms with E-state index in [0.29, 0.717) is 41.2 Å². The van der Waals surface area contributed by atoms with Crippen LogP contribution in [0.4, 0.5) is 0 Å². The van der Waals surface area contributed by atoms with E-state index in [1.54, 1.807) is 14.0 Å². The van der Waals surface area contributed by atoms with E-state index in [4.69, 9.17) is 32.7 Å². The Balaban J connectivity index is 1.90. The van der Waals surface area contributed by atoms with E-state index in [-0.39, 0.29) is 6.10 Å². The number of methoxy groups -OCH3 is 1. The first-order chi connectivity index (χ1) is 13.0. The molecule has 0 aromatic heterocycles. The summed E-state index contributed by atoms with van der Waals surface area (Å²) in [6.07, 6.45) is -0.339. The largest absolute Gasteiger partial charge is 0.493 e. The molecule has 148 valence electrons. The van der Waals surface area contributed by atoms with Crippen LogP contribution in [0, 0.1) is 0 Å². The van der Waals surface area contributed by atoms with Gasteiger partial charge < -0.3 is 25.2 Å². The molecular formula is C20H26Cl2N2O3. The standard InChI is InChI=1S/C20H26Cl2N2O3/c1-14(25)11-23-7-8-24-12-16-9-18(22)20(19(10-16)26-2)27-13-15-3-5-17(21)6-4-15/h3-6,9-10,14,23-25H,7-8,11-13H2,1-2H3/t14-/m0/s1. The van der Waals surface area contributed by atoms with Gasteiger partial charge in [0.05, 0.1) is 18.2 Å². The molecule has 0 unspecified atom stereocenters. The van der Waals surface area contributed by atoms with Gasteiger partial charge in [-0.15, -0.1) is 0 Å². The second-order valence-electron chi connectivity index (χ2n) is 6.25. The predicted molar refractivity (Wildman–Crippen MR) is 110 cm³/mol. The topological polar surface area (TPSA) is 62.8 Å². The van der Waals surface area contributed by atoms with E-state index in [1.165, 1.54) is 0 Å². The fourth-order valence-electron chi connectivity index (χ4n) is 2.47. The third kappa shape index (κ3) is 7.56. The second kappa shape index (κ2) is 11.4. The van der Waals surface area contributed by atoms with Gasteiger partial charge in [0.1, 0.15) is 6.61 Å². The van der Waals surface area contributed by atoms with Crippen LogP contribution in [0.5, 0.6) is 11.5 Å². The van der Waals surface area contributed by atoms with Gasteiger partial charge >= 0.3 is 0 Å². The normalized spacial score (nSPS) is 12.0. The molecule has 2 rings (SSSR count). The van der Waals surface area contributed by atoms with Crippen molar-refractivity contribution in [1.29, 1.82) is 0 Å². The Kier molecular flexibility index (Phi) is 9.18. The maximum absolute atomic E-state index is 9.20. The van der Waals surface area contributed by atoms with Crippen LogP contribution in [0.1, 0.15) is 18.1 Å². The highest BCUT2D eigenvalue weighted by Crippen LogP contribution is 2.37. The van der Waals surface area contributed by atoms with Crippen LogP contribution in [-0.2, 0) is 13.2 Å². The lowest BCUT2D eigenvalue weighted by Gasteiger charge is -2.15. The maximum atomic E-state index is 9.20. The third-order valence-corrected chi connectivity index (χ3v) is 4.37. The number of nitrogens with one attached hydrogen (secondary N) is 2. The Morgan fingerprint density at radius 3 is 2.41 bits per heavy atom. The van der Waals surface area contributed by atoms with Gasteiger partial charge in [0, 0.05) is 31.2 Å². The van der Waals surface area contributed by atoms with Gasteiger partial charge in [-0.1, -0.05) is 35.3 Å². The zero-order valence-corrected chi connectivity index (χ0v) is 17.1. The van der Waals surface area contributed by atoms with E-state index in [1.807, 2.05) is 36.4 Å². The average Bonchev–Trinajstić information content (AvgIpc) is 2.64. The van der Waals surface area contributed by atoms with E-state index in [9.17, 15) is 5.11 Å². The van der Waals surface area contributed by atoms with Gasteiger partial charge in [-0.2, -0.15) is 0 Å². The highest BCUT2D eigenvalue weighted by Gasteiger charge is 2.12. The van der Waals surface area contributed by atoms with E-state index >= 15 is 0 Å². The summed E-state index contributed by atoms with van der Waals surface area (Å²) in [4.78, 5) is 0. The number of rotatable bonds is 11. The molecule has 2 aromatic rings. The number of ether oxygens (including phenoxy) is 2. The molecule has 0 fully saturated rings. The summed E-state index contributed by atoms with van der Waals surface area (Å²) in [7, 11) is 1.60. The van der Waals surface area contributed by atoms with Crippen LogP contribution >= 0.6 is 23.2 Å². The van der Waals surface area contributed by atoms with E-state index < -0.39 is 0 Å². The fraction of sp³-hybridized carbons (Fsp3) is 0.400. The molecule has 0 saturated carbocycles. The van der Waals surface area contributed by atoms with Crippen LogP contribution in [-0.4, -0.2) is 38.0 Å². The minimum atomic E-state index is -0.339. The van der Waals surface area contributed by atoms with Gasteiger partial charge in [0.2, 0.25) is 0 Å². The van der Waals surface area contributed by atoms with Crippen molar-refractivity contribution in [1.82, 2.24) is 10.6 Å². The Morgan fingerprint density at radius 2 is 1.74 bits per heavy atom. The molecule has 0 heterocycles. The summed E-state index contributed by atoms with van der Waals surface area (Å²) < 4.78 is 11.3. The first-order valence-electron chi connectivity index (χ1n) is 8.82. The summed E-state index contributed by atoms with van der Waals surface area (Å²) in [5.74, 6) is 1.12. The van der Waals surface area contributed by atoms with Gasteiger partial charge in [-0.05, 0) is 42.3 Å². The van der Waals surface area contributed by atoms with Crippen LogP contribution in [0.2, 0.25) is 10.0 Å². The highest BCUT2D eigenvalue weighted by atomic mass is 35.5. The van der Waals surface area contributed by atoms with Crippen LogP contribution in [0.25, 0.3) is 0 Å². The zero-order chi connectivity index (χ0) is 19.6. The molecule has 0 bridgehead atoms. The number of aliphatic hydroxyl groups is 1. The molecule has 0 spiro atoms. The van der Waals surface area contributed by atoms with Crippen LogP contribution in [0.15, 0.2) is 36.4 Å². The second-order valence-corrected chi connectivity index (χ2v) is 7.10. The fourth-order valence-corrected chi connectivity index (χ4v) is 2.89. The Labute approximate surface area is 170 Å². The predicted octanol–water partition coefficient (Wildman–Crippen LogP) is 3.64. The molecule has 0 aliphatic rings. The van der Waals surface area contributed by atoms with Crippen molar-refractivity contribution < 1.29 is 14.6 Å². The van der Waals surface area contributed by atoms with E-state index in [0.717, 1.165) is 24.2 Å². The van der Waals surface area contributed by atoms with Gasteiger partial charge in [0.25, 0.3) is 0 Å². The molecule has 3 N–H and O–H groups in total. The van der Waals surface area contributed by atoms with Gasteiger partial charge in [-0.3, -0.25) is 0 Å². The highest BCUT2D eigenvalue weighted by molar-refractivity contribution is 6.32. The Morgan fingerprint density at radius 1 is 1.04 bits per heavy atom. The maximum Gasteiger partial charge on any atom is 0.180 e. The minimum absolute atomic E-state index is 0.339. The first-order valence-corrected chi connectivity index (χ1v) is 9.58. The van der Waals surface area contributed by atoms with E-state index in [2.05, 4.69) is 10.6 Å². The molecular weight excluding hydrogens is 387 g/mol. The Hall–Kier alpha value is -1.50. The molecule has 0 aliphatic heterocycles. The molecule has 0 amide bonds. The molecule has 2 aromatic carbocycles. The van der Waals surface area contributed by atoms with Crippen molar-refractivity contribution >= 4 is 23.2 Å². The summed E-state index contributed by atoms with van der Waals surface area (Å²) >= 11 is 12.3. The Bertz CT molecular complexity index is 709. The first kappa shape index (κ1) is 21.8. The summed E-state index contributed by atoms with van der Waals surface area (Å²) in [6.45, 7) is 4.93. The summed E-state index contributed by atoms with van der Waals surface area (Å²) in [5, 5.41) is 16.9. The quantitative estimate of drug-likeness (QED) is 0.491. The molecule has 5 nitrogen and oxygen atoms in total. The average molecular weight is 413 g/mol. The smallest absolute Gasteiger partial charge is 0.180 e. The van der Waals surface area contributed by atoms with Gasteiger partial charge in [-0.25, -0.2) is 0 Å². The van der Waals surface area contributed by atoms with Crippen molar-refractivity contribution in [3.8, 4) is 11.5 Å². The van der Waals surface area contributed by atoms with Crippen LogP contribution < -0.4 is 20.1 Å². The molecule has 1 atom stereocenters. The number of benzene rings is 2. The number of aliphatic hydroxyl groups excluding tert-OH is 1. The summed E-state index contributed by atoms with van der Waals surface area (Å²) in [5.41, 5.74) is 2.00. The zero-order valence-electron chi connectivity index (χ0n) is 15.6. The van der Waals surface area contributed by atoms with Crippen molar-refractivity contribution in [2.75, 3.05) is 26.7 Å². The lowest BCUT2D eigenvalue weighted by Crippen LogP contribution is -2.31. The molecule has 0 saturated heterocycles. The molecule has 0 radical (unpaired) electrons. The lowest BCUT2D eigenvalue weighted by atomic mass is 10.2. The monoisotopic (exact) mass is 412 g/mol. The van der Waals surface area contributed by atoms with Crippen molar-refractivity contribution in [3.63, 3.8) is 0 Å². The minimum Gasteiger partial charge on any atom is -0.493 e. The van der Waals surface area contributed by atoms with Crippen molar-refractivity contribution in [2.45, 2.75) is 26.2 Å². The van der Waals surface area contributed by atoms with Crippen molar-refractivity contribution in [3.05, 3.63) is 57.6 Å². The molecule has 7 heteroatoms. The van der Waals surface area contributed by atoms with Crippen molar-refractivity contribution in [2.24, 2.45) is 0 Å². The van der Waals surface area contributed by atoms with Gasteiger partial charge in [0.15, 0.2) is 11.5 Å². The number of halogens is 2. The number of hydrogen-bond donors (Lipinski definition) is 3. The molecule has 27 heavy (non-hydrogen) atoms. The molecule has 0 aliphatic carbocycles.